The summed E-state index contributed by atoms with van der Waals surface area (Å²) < 4.78 is 0. The van der Waals surface area contributed by atoms with E-state index in [0.717, 1.165) is 6.42 Å². The molecule has 19 heavy (non-hydrogen) atoms. The predicted molar refractivity (Wildman–Crippen MR) is 78.7 cm³/mol. The first kappa shape index (κ1) is 12.4. The van der Waals surface area contributed by atoms with Gasteiger partial charge in [-0.2, -0.15) is 0 Å². The molecule has 2 heteroatoms. The largest absolute Gasteiger partial charge is 0.271 e. The Morgan fingerprint density at radius 1 is 1.21 bits per heavy atom. The molecular formula is C17H20N2. The number of benzene rings is 2. The molecule has 0 fully saturated rings. The van der Waals surface area contributed by atoms with Crippen molar-refractivity contribution >= 4 is 0 Å². The standard InChI is InChI=1S/C17H20N2/c1-12-5-4-7-14(9-12)17(19-18)11-15-10-13-6-2-3-8-16(13)15/h2-9,15,17,19H,10-11,18H2,1H3. The third kappa shape index (κ3) is 2.42. The molecule has 2 nitrogen and oxygen atoms in total. The summed E-state index contributed by atoms with van der Waals surface area (Å²) in [6.07, 6.45) is 2.25. The fraction of sp³-hybridized carbons (Fsp3) is 0.294. The summed E-state index contributed by atoms with van der Waals surface area (Å²) in [5, 5.41) is 0. The monoisotopic (exact) mass is 252 g/mol. The highest BCUT2D eigenvalue weighted by molar-refractivity contribution is 5.40. The van der Waals surface area contributed by atoms with Gasteiger partial charge in [-0.15, -0.1) is 0 Å². The van der Waals surface area contributed by atoms with Crippen molar-refractivity contribution in [3.63, 3.8) is 0 Å². The number of aryl methyl sites for hydroxylation is 1. The van der Waals surface area contributed by atoms with Gasteiger partial charge in [-0.3, -0.25) is 11.3 Å². The highest BCUT2D eigenvalue weighted by Gasteiger charge is 2.28. The summed E-state index contributed by atoms with van der Waals surface area (Å²) in [5.74, 6) is 6.39. The maximum Gasteiger partial charge on any atom is 0.0466 e. The third-order valence-corrected chi connectivity index (χ3v) is 4.13. The van der Waals surface area contributed by atoms with Gasteiger partial charge in [0.15, 0.2) is 0 Å². The average Bonchev–Trinajstić information content (AvgIpc) is 2.40. The van der Waals surface area contributed by atoms with Crippen LogP contribution in [0.5, 0.6) is 0 Å². The predicted octanol–water partition coefficient (Wildman–Crippen LogP) is 3.23. The van der Waals surface area contributed by atoms with Crippen LogP contribution >= 0.6 is 0 Å². The molecule has 0 heterocycles. The first-order valence-electron chi connectivity index (χ1n) is 6.88. The molecule has 1 aliphatic carbocycles. The minimum absolute atomic E-state index is 0.234. The van der Waals surface area contributed by atoms with Gasteiger partial charge in [-0.25, -0.2) is 0 Å². The fourth-order valence-electron chi connectivity index (χ4n) is 3.04. The highest BCUT2D eigenvalue weighted by Crippen LogP contribution is 2.40. The molecule has 0 aliphatic heterocycles. The number of nitrogens with two attached hydrogens (primary N) is 1. The van der Waals surface area contributed by atoms with Crippen molar-refractivity contribution < 1.29 is 0 Å². The van der Waals surface area contributed by atoms with Crippen LogP contribution in [0.2, 0.25) is 0 Å². The first-order chi connectivity index (χ1) is 9.28. The van der Waals surface area contributed by atoms with Crippen molar-refractivity contribution in [1.82, 2.24) is 5.43 Å². The van der Waals surface area contributed by atoms with Gasteiger partial charge in [-0.05, 0) is 42.4 Å². The van der Waals surface area contributed by atoms with Gasteiger partial charge in [-0.1, -0.05) is 54.1 Å². The number of nitrogens with one attached hydrogen (secondary N) is 1. The zero-order chi connectivity index (χ0) is 13.2. The Morgan fingerprint density at radius 2 is 2.05 bits per heavy atom. The normalized spacial score (nSPS) is 18.5. The number of fused-ring (bicyclic) bond motifs is 1. The molecule has 98 valence electrons. The number of hydrogen-bond acceptors (Lipinski definition) is 2. The van der Waals surface area contributed by atoms with Crippen LogP contribution in [0.3, 0.4) is 0 Å². The lowest BCUT2D eigenvalue weighted by Gasteiger charge is -2.33. The van der Waals surface area contributed by atoms with Gasteiger partial charge in [0, 0.05) is 6.04 Å². The van der Waals surface area contributed by atoms with Crippen LogP contribution in [-0.2, 0) is 6.42 Å². The van der Waals surface area contributed by atoms with E-state index in [1.807, 2.05) is 0 Å². The van der Waals surface area contributed by atoms with E-state index in [1.165, 1.54) is 28.7 Å². The van der Waals surface area contributed by atoms with E-state index in [4.69, 9.17) is 5.84 Å². The van der Waals surface area contributed by atoms with E-state index >= 15 is 0 Å². The summed E-state index contributed by atoms with van der Waals surface area (Å²) in [4.78, 5) is 0. The number of rotatable bonds is 4. The summed E-state index contributed by atoms with van der Waals surface area (Å²) in [5.41, 5.74) is 8.53. The van der Waals surface area contributed by atoms with Gasteiger partial charge < -0.3 is 0 Å². The van der Waals surface area contributed by atoms with Crippen molar-refractivity contribution in [1.29, 1.82) is 0 Å². The Morgan fingerprint density at radius 3 is 2.79 bits per heavy atom. The molecule has 0 amide bonds. The molecule has 0 spiro atoms. The van der Waals surface area contributed by atoms with Crippen LogP contribution in [0.1, 0.15) is 40.6 Å². The van der Waals surface area contributed by atoms with E-state index in [1.54, 1.807) is 0 Å². The summed E-state index contributed by atoms with van der Waals surface area (Å²) in [7, 11) is 0. The van der Waals surface area contributed by atoms with Crippen molar-refractivity contribution in [3.8, 4) is 0 Å². The molecule has 0 saturated heterocycles. The highest BCUT2D eigenvalue weighted by atomic mass is 15.2. The zero-order valence-electron chi connectivity index (χ0n) is 11.3. The van der Waals surface area contributed by atoms with Crippen LogP contribution in [0.15, 0.2) is 48.5 Å². The zero-order valence-corrected chi connectivity index (χ0v) is 11.3. The molecule has 0 aromatic heterocycles. The minimum Gasteiger partial charge on any atom is -0.271 e. The Bertz CT molecular complexity index is 577. The molecule has 1 aliphatic rings. The topological polar surface area (TPSA) is 38.0 Å². The van der Waals surface area contributed by atoms with E-state index in [9.17, 15) is 0 Å². The van der Waals surface area contributed by atoms with Crippen LogP contribution in [0, 0.1) is 6.92 Å². The molecule has 2 atom stereocenters. The Balaban J connectivity index is 1.76. The molecule has 2 unspecified atom stereocenters. The van der Waals surface area contributed by atoms with Gasteiger partial charge in [0.25, 0.3) is 0 Å². The second kappa shape index (κ2) is 5.16. The SMILES string of the molecule is Cc1cccc(C(CC2Cc3ccccc32)NN)c1. The molecule has 3 N–H and O–H groups in total. The Kier molecular flexibility index (Phi) is 3.36. The van der Waals surface area contributed by atoms with E-state index in [-0.39, 0.29) is 6.04 Å². The number of hydrazine groups is 1. The van der Waals surface area contributed by atoms with E-state index in [2.05, 4.69) is 60.9 Å². The van der Waals surface area contributed by atoms with Gasteiger partial charge in [0.2, 0.25) is 0 Å². The Hall–Kier alpha value is -1.64. The smallest absolute Gasteiger partial charge is 0.0466 e. The van der Waals surface area contributed by atoms with Gasteiger partial charge in [0.05, 0.1) is 0 Å². The molecule has 2 aromatic rings. The fourth-order valence-corrected chi connectivity index (χ4v) is 3.04. The van der Waals surface area contributed by atoms with Crippen molar-refractivity contribution in [2.45, 2.75) is 31.7 Å². The summed E-state index contributed by atoms with van der Waals surface area (Å²) in [6, 6.07) is 17.5. The lowest BCUT2D eigenvalue weighted by Crippen LogP contribution is -2.31. The van der Waals surface area contributed by atoms with Crippen LogP contribution in [-0.4, -0.2) is 0 Å². The average molecular weight is 252 g/mol. The maximum absolute atomic E-state index is 5.75. The van der Waals surface area contributed by atoms with Crippen LogP contribution < -0.4 is 11.3 Å². The van der Waals surface area contributed by atoms with Crippen LogP contribution in [0.4, 0.5) is 0 Å². The molecule has 3 rings (SSSR count). The van der Waals surface area contributed by atoms with E-state index < -0.39 is 0 Å². The van der Waals surface area contributed by atoms with Gasteiger partial charge in [0.1, 0.15) is 0 Å². The summed E-state index contributed by atoms with van der Waals surface area (Å²) >= 11 is 0. The van der Waals surface area contributed by atoms with Gasteiger partial charge >= 0.3 is 0 Å². The quantitative estimate of drug-likeness (QED) is 0.647. The molecule has 2 aromatic carbocycles. The van der Waals surface area contributed by atoms with E-state index in [0.29, 0.717) is 5.92 Å². The lowest BCUT2D eigenvalue weighted by molar-refractivity contribution is 0.435. The Labute approximate surface area is 114 Å². The number of hydrogen-bond donors (Lipinski definition) is 2. The van der Waals surface area contributed by atoms with Crippen molar-refractivity contribution in [2.24, 2.45) is 5.84 Å². The first-order valence-corrected chi connectivity index (χ1v) is 6.88. The second-order valence-electron chi connectivity index (χ2n) is 5.47. The molecule has 0 saturated carbocycles. The molecule has 0 bridgehead atoms. The second-order valence-corrected chi connectivity index (χ2v) is 5.47. The van der Waals surface area contributed by atoms with Crippen molar-refractivity contribution in [2.75, 3.05) is 0 Å². The summed E-state index contributed by atoms with van der Waals surface area (Å²) in [6.45, 7) is 2.12. The minimum atomic E-state index is 0.234. The van der Waals surface area contributed by atoms with Crippen LogP contribution in [0.25, 0.3) is 0 Å². The molecule has 0 radical (unpaired) electrons. The third-order valence-electron chi connectivity index (χ3n) is 4.13. The maximum atomic E-state index is 5.75. The van der Waals surface area contributed by atoms with Crippen molar-refractivity contribution in [3.05, 3.63) is 70.8 Å². The molecular weight excluding hydrogens is 232 g/mol. The lowest BCUT2D eigenvalue weighted by atomic mass is 9.74.